The Morgan fingerprint density at radius 1 is 0.844 bits per heavy atom. The molecule has 0 aliphatic heterocycles. The number of aryl methyl sites for hydroxylation is 1. The molecule has 0 heterocycles. The van der Waals surface area contributed by atoms with E-state index in [9.17, 15) is 17.6 Å². The van der Waals surface area contributed by atoms with E-state index < -0.39 is 12.7 Å². The molecule has 1 fully saturated rings. The standard InChI is InChI=1S/C26H32F4O2/c1-2-3-4-19-5-7-20(8-6-19)9-10-21-11-13-22(14-12-21)26(29,30)32-24-17-15-23(16-18-24)31-25(27)28/h11-20,25H,2-10H2,1H3. The molecular formula is C26H32F4O2. The van der Waals surface area contributed by atoms with Crippen LogP contribution < -0.4 is 9.47 Å². The van der Waals surface area contributed by atoms with Crippen LogP contribution in [0.1, 0.15) is 69.4 Å². The Balaban J connectivity index is 1.48. The Labute approximate surface area is 187 Å². The zero-order valence-electron chi connectivity index (χ0n) is 18.5. The molecule has 6 heteroatoms. The van der Waals surface area contributed by atoms with Gasteiger partial charge in [-0.25, -0.2) is 0 Å². The fourth-order valence-electron chi connectivity index (χ4n) is 4.43. The smallest absolute Gasteiger partial charge is 0.426 e. The van der Waals surface area contributed by atoms with Gasteiger partial charge in [0.2, 0.25) is 0 Å². The van der Waals surface area contributed by atoms with E-state index in [1.807, 2.05) is 0 Å². The maximum absolute atomic E-state index is 14.5. The molecule has 32 heavy (non-hydrogen) atoms. The van der Waals surface area contributed by atoms with Gasteiger partial charge in [0.25, 0.3) is 0 Å². The second-order valence-electron chi connectivity index (χ2n) is 8.73. The summed E-state index contributed by atoms with van der Waals surface area (Å²) in [6.45, 7) is -0.729. The number of hydrogen-bond donors (Lipinski definition) is 0. The number of benzene rings is 2. The van der Waals surface area contributed by atoms with E-state index in [1.54, 1.807) is 12.1 Å². The fourth-order valence-corrected chi connectivity index (χ4v) is 4.43. The van der Waals surface area contributed by atoms with Gasteiger partial charge in [0, 0.05) is 0 Å². The van der Waals surface area contributed by atoms with Gasteiger partial charge in [-0.1, -0.05) is 64.0 Å². The summed E-state index contributed by atoms with van der Waals surface area (Å²) in [5.74, 6) is 1.37. The molecule has 0 radical (unpaired) electrons. The van der Waals surface area contributed by atoms with E-state index in [4.69, 9.17) is 4.74 Å². The molecule has 2 nitrogen and oxygen atoms in total. The first kappa shape index (κ1) is 24.4. The van der Waals surface area contributed by atoms with E-state index in [0.717, 1.165) is 42.4 Å². The molecule has 2 aromatic carbocycles. The predicted octanol–water partition coefficient (Wildman–Crippen LogP) is 8.35. The maximum Gasteiger partial charge on any atom is 0.426 e. The average Bonchev–Trinajstić information content (AvgIpc) is 2.78. The molecule has 0 unspecified atom stereocenters. The lowest BCUT2D eigenvalue weighted by molar-refractivity contribution is -0.185. The van der Waals surface area contributed by atoms with Crippen molar-refractivity contribution in [3.8, 4) is 11.5 Å². The van der Waals surface area contributed by atoms with Crippen LogP contribution in [0.15, 0.2) is 48.5 Å². The van der Waals surface area contributed by atoms with Crippen LogP contribution in [0.4, 0.5) is 17.6 Å². The zero-order valence-corrected chi connectivity index (χ0v) is 18.5. The highest BCUT2D eigenvalue weighted by Crippen LogP contribution is 2.35. The molecule has 0 aromatic heterocycles. The number of rotatable bonds is 11. The topological polar surface area (TPSA) is 18.5 Å². The second kappa shape index (κ2) is 11.6. The fraction of sp³-hybridized carbons (Fsp3) is 0.538. The van der Waals surface area contributed by atoms with Crippen molar-refractivity contribution in [1.82, 2.24) is 0 Å². The molecule has 0 saturated heterocycles. The molecule has 0 atom stereocenters. The summed E-state index contributed by atoms with van der Waals surface area (Å²) in [5, 5.41) is 0. The molecule has 176 valence electrons. The third kappa shape index (κ3) is 7.42. The van der Waals surface area contributed by atoms with Crippen molar-refractivity contribution in [3.05, 3.63) is 59.7 Å². The molecule has 1 aliphatic carbocycles. The molecule has 0 spiro atoms. The molecule has 1 saturated carbocycles. The summed E-state index contributed by atoms with van der Waals surface area (Å²) in [7, 11) is 0. The van der Waals surface area contributed by atoms with Crippen molar-refractivity contribution in [2.24, 2.45) is 11.8 Å². The van der Waals surface area contributed by atoms with E-state index in [1.165, 1.54) is 69.2 Å². The van der Waals surface area contributed by atoms with Crippen molar-refractivity contribution >= 4 is 0 Å². The summed E-state index contributed by atoms with van der Waals surface area (Å²) in [6, 6.07) is 10.9. The number of hydrogen-bond acceptors (Lipinski definition) is 2. The summed E-state index contributed by atoms with van der Waals surface area (Å²) in [6.07, 6.45) is 7.61. The Morgan fingerprint density at radius 2 is 1.41 bits per heavy atom. The molecule has 1 aliphatic rings. The summed E-state index contributed by atoms with van der Waals surface area (Å²) < 4.78 is 62.4. The average molecular weight is 453 g/mol. The van der Waals surface area contributed by atoms with Gasteiger partial charge in [-0.2, -0.15) is 17.6 Å². The first-order valence-electron chi connectivity index (χ1n) is 11.6. The van der Waals surface area contributed by atoms with Gasteiger partial charge in [-0.3, -0.25) is 0 Å². The van der Waals surface area contributed by atoms with Crippen LogP contribution in [0.25, 0.3) is 0 Å². The molecule has 0 N–H and O–H groups in total. The van der Waals surface area contributed by atoms with Crippen molar-refractivity contribution in [3.63, 3.8) is 0 Å². The summed E-state index contributed by atoms with van der Waals surface area (Å²) >= 11 is 0. The van der Waals surface area contributed by atoms with Crippen molar-refractivity contribution in [2.75, 3.05) is 0 Å². The summed E-state index contributed by atoms with van der Waals surface area (Å²) in [4.78, 5) is 0. The Hall–Kier alpha value is -2.24. The normalized spacial score (nSPS) is 19.2. The number of ether oxygens (including phenoxy) is 2. The SMILES string of the molecule is CCCCC1CCC(CCc2ccc(C(F)(F)Oc3ccc(OC(F)F)cc3)cc2)CC1. The number of alkyl halides is 4. The van der Waals surface area contributed by atoms with Crippen LogP contribution in [0.2, 0.25) is 0 Å². The maximum atomic E-state index is 14.5. The van der Waals surface area contributed by atoms with Crippen LogP contribution in [0.3, 0.4) is 0 Å². The van der Waals surface area contributed by atoms with Gasteiger partial charge >= 0.3 is 12.7 Å². The van der Waals surface area contributed by atoms with E-state index in [0.29, 0.717) is 0 Å². The van der Waals surface area contributed by atoms with Gasteiger partial charge in [0.1, 0.15) is 11.5 Å². The zero-order chi connectivity index (χ0) is 23.0. The minimum Gasteiger partial charge on any atom is -0.435 e. The summed E-state index contributed by atoms with van der Waals surface area (Å²) in [5.41, 5.74) is 0.803. The van der Waals surface area contributed by atoms with Gasteiger partial charge in [-0.05, 0) is 66.6 Å². The van der Waals surface area contributed by atoms with Gasteiger partial charge in [0.15, 0.2) is 0 Å². The van der Waals surface area contributed by atoms with Crippen molar-refractivity contribution in [2.45, 2.75) is 77.4 Å². The highest BCUT2D eigenvalue weighted by atomic mass is 19.3. The van der Waals surface area contributed by atoms with E-state index in [-0.39, 0.29) is 17.1 Å². The van der Waals surface area contributed by atoms with Gasteiger partial charge in [0.05, 0.1) is 5.56 Å². The third-order valence-electron chi connectivity index (χ3n) is 6.36. The molecule has 0 bridgehead atoms. The Morgan fingerprint density at radius 3 is 1.97 bits per heavy atom. The largest absolute Gasteiger partial charge is 0.435 e. The van der Waals surface area contributed by atoms with Crippen molar-refractivity contribution in [1.29, 1.82) is 0 Å². The number of unbranched alkanes of at least 4 members (excludes halogenated alkanes) is 1. The highest BCUT2D eigenvalue weighted by molar-refractivity contribution is 5.32. The van der Waals surface area contributed by atoms with Crippen molar-refractivity contribution < 1.29 is 27.0 Å². The van der Waals surface area contributed by atoms with Crippen LogP contribution in [-0.2, 0) is 12.5 Å². The third-order valence-corrected chi connectivity index (χ3v) is 6.36. The molecule has 2 aromatic rings. The first-order chi connectivity index (χ1) is 15.4. The Kier molecular flexibility index (Phi) is 8.83. The number of halogens is 4. The lowest BCUT2D eigenvalue weighted by atomic mass is 9.78. The minimum atomic E-state index is -3.53. The lowest BCUT2D eigenvalue weighted by Gasteiger charge is -2.28. The molecule has 3 rings (SSSR count). The van der Waals surface area contributed by atoms with Crippen LogP contribution in [0, 0.1) is 11.8 Å². The van der Waals surface area contributed by atoms with Gasteiger partial charge < -0.3 is 9.47 Å². The second-order valence-corrected chi connectivity index (χ2v) is 8.73. The Bertz CT molecular complexity index is 798. The predicted molar refractivity (Wildman–Crippen MR) is 117 cm³/mol. The van der Waals surface area contributed by atoms with E-state index in [2.05, 4.69) is 11.7 Å². The minimum absolute atomic E-state index is 0.116. The highest BCUT2D eigenvalue weighted by Gasteiger charge is 2.34. The molecular weight excluding hydrogens is 420 g/mol. The van der Waals surface area contributed by atoms with Crippen LogP contribution in [0.5, 0.6) is 11.5 Å². The first-order valence-corrected chi connectivity index (χ1v) is 11.6. The molecule has 0 amide bonds. The van der Waals surface area contributed by atoms with E-state index >= 15 is 0 Å². The van der Waals surface area contributed by atoms with Crippen LogP contribution >= 0.6 is 0 Å². The van der Waals surface area contributed by atoms with Gasteiger partial charge in [-0.15, -0.1) is 0 Å². The lowest BCUT2D eigenvalue weighted by Crippen LogP contribution is -2.21. The quantitative estimate of drug-likeness (QED) is 0.319. The van der Waals surface area contributed by atoms with Crippen LogP contribution in [-0.4, -0.2) is 6.61 Å². The monoisotopic (exact) mass is 452 g/mol.